The molecule has 0 rings (SSSR count). The molecule has 124 valence electrons. The van der Waals surface area contributed by atoms with Crippen LogP contribution >= 0.6 is 12.2 Å². The maximum atomic E-state index is 10.2. The molecule has 0 aliphatic carbocycles. The zero-order valence-electron chi connectivity index (χ0n) is 12.4. The van der Waals surface area contributed by atoms with Crippen molar-refractivity contribution in [3.8, 4) is 0 Å². The van der Waals surface area contributed by atoms with Crippen LogP contribution in [0.4, 0.5) is 0 Å². The first-order valence-corrected chi connectivity index (χ1v) is 7.67. The first kappa shape index (κ1) is 20.4. The van der Waals surface area contributed by atoms with Crippen molar-refractivity contribution < 1.29 is 19.4 Å². The topological polar surface area (TPSA) is 91.9 Å². The third-order valence-electron chi connectivity index (χ3n) is 2.42. The van der Waals surface area contributed by atoms with Gasteiger partial charge in [-0.05, 0) is 18.3 Å². The van der Waals surface area contributed by atoms with Crippen LogP contribution in [0.25, 0.3) is 0 Å². The van der Waals surface area contributed by atoms with Crippen LogP contribution in [0.5, 0.6) is 0 Å². The Morgan fingerprint density at radius 1 is 0.952 bits per heavy atom. The summed E-state index contributed by atoms with van der Waals surface area (Å²) < 4.78 is 10.4. The van der Waals surface area contributed by atoms with Gasteiger partial charge in [0.25, 0.3) is 0 Å². The maximum Gasteiger partial charge on any atom is 0.305 e. The van der Waals surface area contributed by atoms with Gasteiger partial charge in [0.05, 0.1) is 32.8 Å². The van der Waals surface area contributed by atoms with Crippen molar-refractivity contribution in [1.82, 2.24) is 16.0 Å². The van der Waals surface area contributed by atoms with Gasteiger partial charge >= 0.3 is 5.97 Å². The van der Waals surface area contributed by atoms with Crippen LogP contribution in [-0.4, -0.2) is 75.7 Å². The summed E-state index contributed by atoms with van der Waals surface area (Å²) >= 11 is 4.73. The highest BCUT2D eigenvalue weighted by Gasteiger charge is 1.96. The molecule has 0 spiro atoms. The predicted octanol–water partition coefficient (Wildman–Crippen LogP) is -0.390. The molecule has 0 aliphatic heterocycles. The van der Waals surface area contributed by atoms with E-state index in [1.54, 1.807) is 5.37 Å². The van der Waals surface area contributed by atoms with E-state index in [9.17, 15) is 4.79 Å². The van der Waals surface area contributed by atoms with Crippen molar-refractivity contribution >= 4 is 23.6 Å². The van der Waals surface area contributed by atoms with Gasteiger partial charge < -0.3 is 30.5 Å². The number of carboxylic acids is 1. The average molecular weight is 321 g/mol. The highest BCUT2D eigenvalue weighted by atomic mass is 32.1. The van der Waals surface area contributed by atoms with E-state index in [2.05, 4.69) is 16.0 Å². The SMILES string of the molecule is O=C(O)CCOCCOCCNCNCCNCCC=S. The molecule has 0 aromatic carbocycles. The van der Waals surface area contributed by atoms with E-state index in [4.69, 9.17) is 26.8 Å². The van der Waals surface area contributed by atoms with Crippen LogP contribution < -0.4 is 16.0 Å². The molecule has 0 heterocycles. The normalized spacial score (nSPS) is 10.7. The second-order valence-corrected chi connectivity index (χ2v) is 4.58. The summed E-state index contributed by atoms with van der Waals surface area (Å²) in [7, 11) is 0. The van der Waals surface area contributed by atoms with E-state index in [0.29, 0.717) is 19.8 Å². The minimum absolute atomic E-state index is 0.0353. The highest BCUT2D eigenvalue weighted by Crippen LogP contribution is 1.83. The Kier molecular flexibility index (Phi) is 16.9. The monoisotopic (exact) mass is 321 g/mol. The highest BCUT2D eigenvalue weighted by molar-refractivity contribution is 7.78. The fourth-order valence-corrected chi connectivity index (χ4v) is 1.47. The van der Waals surface area contributed by atoms with E-state index in [1.165, 1.54) is 0 Å². The van der Waals surface area contributed by atoms with Crippen LogP contribution in [0, 0.1) is 0 Å². The van der Waals surface area contributed by atoms with Crippen molar-refractivity contribution in [3.05, 3.63) is 0 Å². The van der Waals surface area contributed by atoms with Crippen LogP contribution in [0.2, 0.25) is 0 Å². The van der Waals surface area contributed by atoms with Gasteiger partial charge in [0.15, 0.2) is 0 Å². The molecule has 0 amide bonds. The van der Waals surface area contributed by atoms with Crippen molar-refractivity contribution in [2.24, 2.45) is 0 Å². The number of rotatable bonds is 17. The minimum atomic E-state index is -0.846. The molecule has 7 nitrogen and oxygen atoms in total. The smallest absolute Gasteiger partial charge is 0.305 e. The fraction of sp³-hybridized carbons (Fsp3) is 0.846. The van der Waals surface area contributed by atoms with E-state index >= 15 is 0 Å². The Bertz CT molecular complexity index is 258. The molecule has 0 aliphatic rings. The van der Waals surface area contributed by atoms with Gasteiger partial charge in [-0.2, -0.15) is 0 Å². The zero-order valence-corrected chi connectivity index (χ0v) is 13.3. The Morgan fingerprint density at radius 3 is 2.33 bits per heavy atom. The molecule has 0 aromatic rings. The van der Waals surface area contributed by atoms with Crippen LogP contribution in [0.15, 0.2) is 0 Å². The predicted molar refractivity (Wildman–Crippen MR) is 85.9 cm³/mol. The second kappa shape index (κ2) is 17.4. The third kappa shape index (κ3) is 19.4. The fourth-order valence-electron chi connectivity index (χ4n) is 1.35. The van der Waals surface area contributed by atoms with Crippen molar-refractivity contribution in [2.45, 2.75) is 12.8 Å². The molecule has 0 unspecified atom stereocenters. The van der Waals surface area contributed by atoms with Crippen molar-refractivity contribution in [3.63, 3.8) is 0 Å². The lowest BCUT2D eigenvalue weighted by Crippen LogP contribution is -2.35. The number of hydrogen-bond acceptors (Lipinski definition) is 7. The Labute approximate surface area is 131 Å². The van der Waals surface area contributed by atoms with Crippen LogP contribution in [-0.2, 0) is 14.3 Å². The number of aliphatic carboxylic acids is 1. The summed E-state index contributed by atoms with van der Waals surface area (Å²) in [6, 6.07) is 0. The van der Waals surface area contributed by atoms with Gasteiger partial charge in [0.1, 0.15) is 0 Å². The molecule has 0 atom stereocenters. The Morgan fingerprint density at radius 2 is 1.62 bits per heavy atom. The lowest BCUT2D eigenvalue weighted by atomic mass is 10.5. The van der Waals surface area contributed by atoms with Crippen LogP contribution in [0.1, 0.15) is 12.8 Å². The van der Waals surface area contributed by atoms with E-state index in [-0.39, 0.29) is 13.0 Å². The summed E-state index contributed by atoms with van der Waals surface area (Å²) in [5, 5.41) is 19.8. The molecular weight excluding hydrogens is 294 g/mol. The molecule has 4 N–H and O–H groups in total. The van der Waals surface area contributed by atoms with Gasteiger partial charge in [0, 0.05) is 26.3 Å². The number of carbonyl (C=O) groups is 1. The zero-order chi connectivity index (χ0) is 15.6. The first-order valence-electron chi connectivity index (χ1n) is 7.20. The Balaban J connectivity index is 2.96. The molecule has 0 aromatic heterocycles. The van der Waals surface area contributed by atoms with Gasteiger partial charge in [-0.1, -0.05) is 12.2 Å². The quantitative estimate of drug-likeness (QED) is 0.164. The van der Waals surface area contributed by atoms with E-state index in [0.717, 1.165) is 39.3 Å². The number of hydrogen-bond donors (Lipinski definition) is 4. The summed E-state index contributed by atoms with van der Waals surface area (Å²) in [6.07, 6.45) is 0.957. The molecule has 8 heteroatoms. The molecule has 0 fully saturated rings. The largest absolute Gasteiger partial charge is 0.481 e. The molecular formula is C13H27N3O4S. The molecule has 0 radical (unpaired) electrons. The number of ether oxygens (including phenoxy) is 2. The van der Waals surface area contributed by atoms with E-state index < -0.39 is 5.97 Å². The first-order chi connectivity index (χ1) is 10.3. The van der Waals surface area contributed by atoms with Gasteiger partial charge in [0.2, 0.25) is 0 Å². The molecule has 0 bridgehead atoms. The number of carboxylic acid groups (broad SMARTS) is 1. The summed E-state index contributed by atoms with van der Waals surface area (Å²) in [5.74, 6) is -0.846. The maximum absolute atomic E-state index is 10.2. The van der Waals surface area contributed by atoms with Gasteiger partial charge in [-0.25, -0.2) is 0 Å². The van der Waals surface area contributed by atoms with E-state index in [1.807, 2.05) is 0 Å². The number of nitrogens with one attached hydrogen (secondary N) is 3. The van der Waals surface area contributed by atoms with Gasteiger partial charge in [-0.3, -0.25) is 4.79 Å². The summed E-state index contributed by atoms with van der Waals surface area (Å²) in [4.78, 5) is 10.2. The van der Waals surface area contributed by atoms with Crippen LogP contribution in [0.3, 0.4) is 0 Å². The summed E-state index contributed by atoms with van der Waals surface area (Å²) in [5.41, 5.74) is 0. The molecule has 0 saturated heterocycles. The second-order valence-electron chi connectivity index (χ2n) is 4.25. The van der Waals surface area contributed by atoms with Gasteiger partial charge in [-0.15, -0.1) is 0 Å². The number of thiocarbonyl (C=S) groups is 1. The van der Waals surface area contributed by atoms with Crippen molar-refractivity contribution in [2.75, 3.05) is 59.3 Å². The average Bonchev–Trinajstić information content (AvgIpc) is 2.46. The lowest BCUT2D eigenvalue weighted by molar-refractivity contribution is -0.138. The molecule has 0 saturated carbocycles. The Hall–Kier alpha value is -0.640. The standard InChI is InChI=1S/C13H27N3O4S/c17-13(18)2-7-19-9-10-20-8-6-16-12-15-5-4-14-3-1-11-21/h11,14-16H,1-10,12H2,(H,17,18). The lowest BCUT2D eigenvalue weighted by Gasteiger charge is -2.08. The summed E-state index contributed by atoms with van der Waals surface area (Å²) in [6.45, 7) is 6.03. The third-order valence-corrected chi connectivity index (χ3v) is 2.66. The minimum Gasteiger partial charge on any atom is -0.481 e. The molecule has 21 heavy (non-hydrogen) atoms. The van der Waals surface area contributed by atoms with Crippen molar-refractivity contribution in [1.29, 1.82) is 0 Å².